The highest BCUT2D eigenvalue weighted by Crippen LogP contribution is 2.26. The molecular weight excluding hydrogens is 252 g/mol. The molecule has 0 saturated carbocycles. The number of hydrogen-bond acceptors (Lipinski definition) is 3. The van der Waals surface area contributed by atoms with Crippen molar-refractivity contribution in [3.63, 3.8) is 0 Å². The van der Waals surface area contributed by atoms with Gasteiger partial charge in [-0.3, -0.25) is 9.52 Å². The fourth-order valence-corrected chi connectivity index (χ4v) is 3.11. The first kappa shape index (κ1) is 12.9. The predicted octanol–water partition coefficient (Wildman–Crippen LogP) is 1.72. The van der Waals surface area contributed by atoms with Crippen LogP contribution in [-0.2, 0) is 21.2 Å². The number of fused-ring (bicyclic) bond motifs is 1. The molecule has 0 aromatic heterocycles. The summed E-state index contributed by atoms with van der Waals surface area (Å²) >= 11 is 0. The largest absolute Gasteiger partial charge is 0.326 e. The molecule has 1 aromatic rings. The first-order valence-corrected chi connectivity index (χ1v) is 7.58. The van der Waals surface area contributed by atoms with E-state index in [2.05, 4.69) is 10.0 Å². The Morgan fingerprint density at radius 1 is 1.39 bits per heavy atom. The maximum absolute atomic E-state index is 11.7. The van der Waals surface area contributed by atoms with Crippen molar-refractivity contribution in [1.29, 1.82) is 0 Å². The molecular formula is C12H16N2O3S. The van der Waals surface area contributed by atoms with Gasteiger partial charge in [-0.25, -0.2) is 8.42 Å². The summed E-state index contributed by atoms with van der Waals surface area (Å²) in [6.45, 7) is 1.95. The van der Waals surface area contributed by atoms with Crippen molar-refractivity contribution in [2.75, 3.05) is 15.8 Å². The fraction of sp³-hybridized carbons (Fsp3) is 0.417. The number of carbonyl (C=O) groups is 1. The highest BCUT2D eigenvalue weighted by molar-refractivity contribution is 7.92. The van der Waals surface area contributed by atoms with Gasteiger partial charge in [0.05, 0.1) is 12.2 Å². The van der Waals surface area contributed by atoms with Crippen LogP contribution in [0.15, 0.2) is 18.2 Å². The van der Waals surface area contributed by atoms with Gasteiger partial charge in [-0.05, 0) is 30.2 Å². The Labute approximate surface area is 107 Å². The SMILES string of the molecule is CCCCS(=O)(=O)Nc1ccc2c(c1)CC(=O)N2. The summed E-state index contributed by atoms with van der Waals surface area (Å²) in [4.78, 5) is 11.2. The average molecular weight is 268 g/mol. The molecule has 0 unspecified atom stereocenters. The van der Waals surface area contributed by atoms with Crippen LogP contribution in [0.4, 0.5) is 11.4 Å². The Morgan fingerprint density at radius 2 is 2.17 bits per heavy atom. The van der Waals surface area contributed by atoms with E-state index in [9.17, 15) is 13.2 Å². The summed E-state index contributed by atoms with van der Waals surface area (Å²) in [6.07, 6.45) is 1.78. The third-order valence-electron chi connectivity index (χ3n) is 2.77. The van der Waals surface area contributed by atoms with E-state index < -0.39 is 10.0 Å². The number of unbranched alkanes of at least 4 members (excludes halogenated alkanes) is 1. The quantitative estimate of drug-likeness (QED) is 0.853. The normalized spacial score (nSPS) is 14.2. The molecule has 0 atom stereocenters. The summed E-state index contributed by atoms with van der Waals surface area (Å²) in [5, 5.41) is 2.71. The predicted molar refractivity (Wildman–Crippen MR) is 71.1 cm³/mol. The minimum Gasteiger partial charge on any atom is -0.326 e. The number of amides is 1. The summed E-state index contributed by atoms with van der Waals surface area (Å²) < 4.78 is 26.0. The van der Waals surface area contributed by atoms with E-state index in [4.69, 9.17) is 0 Å². The average Bonchev–Trinajstić information content (AvgIpc) is 2.65. The summed E-state index contributed by atoms with van der Waals surface area (Å²) in [5.41, 5.74) is 2.11. The zero-order valence-corrected chi connectivity index (χ0v) is 11.0. The Kier molecular flexibility index (Phi) is 3.56. The van der Waals surface area contributed by atoms with Gasteiger partial charge in [0.25, 0.3) is 0 Å². The van der Waals surface area contributed by atoms with E-state index in [1.807, 2.05) is 6.92 Å². The highest BCUT2D eigenvalue weighted by atomic mass is 32.2. The molecule has 18 heavy (non-hydrogen) atoms. The summed E-state index contributed by atoms with van der Waals surface area (Å²) in [6, 6.07) is 5.09. The second kappa shape index (κ2) is 4.97. The number of carbonyl (C=O) groups excluding carboxylic acids is 1. The van der Waals surface area contributed by atoms with Crippen LogP contribution in [0, 0.1) is 0 Å². The second-order valence-corrected chi connectivity index (χ2v) is 6.21. The van der Waals surface area contributed by atoms with Gasteiger partial charge in [-0.15, -0.1) is 0 Å². The molecule has 0 spiro atoms. The topological polar surface area (TPSA) is 75.3 Å². The molecule has 1 aromatic carbocycles. The van der Waals surface area contributed by atoms with Crippen molar-refractivity contribution in [1.82, 2.24) is 0 Å². The van der Waals surface area contributed by atoms with Crippen LogP contribution < -0.4 is 10.0 Å². The summed E-state index contributed by atoms with van der Waals surface area (Å²) in [7, 11) is -3.28. The van der Waals surface area contributed by atoms with Crippen LogP contribution in [0.25, 0.3) is 0 Å². The second-order valence-electron chi connectivity index (χ2n) is 4.37. The number of benzene rings is 1. The Balaban J connectivity index is 2.12. The Hall–Kier alpha value is -1.56. The van der Waals surface area contributed by atoms with E-state index in [0.29, 0.717) is 18.5 Å². The van der Waals surface area contributed by atoms with Gasteiger partial charge in [0.2, 0.25) is 15.9 Å². The van der Waals surface area contributed by atoms with Gasteiger partial charge in [0, 0.05) is 11.4 Å². The maximum atomic E-state index is 11.7. The molecule has 1 amide bonds. The highest BCUT2D eigenvalue weighted by Gasteiger charge is 2.18. The van der Waals surface area contributed by atoms with E-state index in [1.54, 1.807) is 18.2 Å². The molecule has 0 fully saturated rings. The third-order valence-corrected chi connectivity index (χ3v) is 4.14. The van der Waals surface area contributed by atoms with Gasteiger partial charge in [-0.1, -0.05) is 13.3 Å². The first-order valence-electron chi connectivity index (χ1n) is 5.93. The van der Waals surface area contributed by atoms with Crippen LogP contribution in [0.1, 0.15) is 25.3 Å². The minimum atomic E-state index is -3.28. The van der Waals surface area contributed by atoms with Gasteiger partial charge in [0.1, 0.15) is 0 Å². The van der Waals surface area contributed by atoms with Crippen molar-refractivity contribution >= 4 is 27.3 Å². The number of anilines is 2. The lowest BCUT2D eigenvalue weighted by atomic mass is 10.1. The number of nitrogens with one attached hydrogen (secondary N) is 2. The van der Waals surface area contributed by atoms with Gasteiger partial charge in [-0.2, -0.15) is 0 Å². The number of hydrogen-bond donors (Lipinski definition) is 2. The van der Waals surface area contributed by atoms with E-state index >= 15 is 0 Å². The maximum Gasteiger partial charge on any atom is 0.232 e. The molecule has 1 heterocycles. The molecule has 0 radical (unpaired) electrons. The molecule has 5 nitrogen and oxygen atoms in total. The van der Waals surface area contributed by atoms with E-state index in [0.717, 1.165) is 17.7 Å². The van der Waals surface area contributed by atoms with Crippen molar-refractivity contribution in [2.45, 2.75) is 26.2 Å². The smallest absolute Gasteiger partial charge is 0.232 e. The molecule has 0 saturated heterocycles. The van der Waals surface area contributed by atoms with Crippen LogP contribution in [0.5, 0.6) is 0 Å². The van der Waals surface area contributed by atoms with Crippen molar-refractivity contribution < 1.29 is 13.2 Å². The molecule has 6 heteroatoms. The Morgan fingerprint density at radius 3 is 2.89 bits per heavy atom. The lowest BCUT2D eigenvalue weighted by Crippen LogP contribution is -2.16. The minimum absolute atomic E-state index is 0.0593. The van der Waals surface area contributed by atoms with E-state index in [1.165, 1.54) is 0 Å². The number of rotatable bonds is 5. The van der Waals surface area contributed by atoms with Crippen molar-refractivity contribution in [3.05, 3.63) is 23.8 Å². The van der Waals surface area contributed by atoms with Crippen LogP contribution in [-0.4, -0.2) is 20.1 Å². The first-order chi connectivity index (χ1) is 8.50. The van der Waals surface area contributed by atoms with Gasteiger partial charge >= 0.3 is 0 Å². The molecule has 2 rings (SSSR count). The van der Waals surface area contributed by atoms with Crippen LogP contribution in [0.2, 0.25) is 0 Å². The summed E-state index contributed by atoms with van der Waals surface area (Å²) in [5.74, 6) is 0.0635. The van der Waals surface area contributed by atoms with Gasteiger partial charge < -0.3 is 5.32 Å². The van der Waals surface area contributed by atoms with E-state index in [-0.39, 0.29) is 11.7 Å². The molecule has 0 aliphatic carbocycles. The molecule has 1 aliphatic heterocycles. The number of sulfonamides is 1. The van der Waals surface area contributed by atoms with Crippen molar-refractivity contribution in [2.24, 2.45) is 0 Å². The fourth-order valence-electron chi connectivity index (χ4n) is 1.86. The van der Waals surface area contributed by atoms with Crippen LogP contribution in [0.3, 0.4) is 0 Å². The lowest BCUT2D eigenvalue weighted by molar-refractivity contribution is -0.115. The zero-order chi connectivity index (χ0) is 13.2. The molecule has 98 valence electrons. The molecule has 0 bridgehead atoms. The lowest BCUT2D eigenvalue weighted by Gasteiger charge is -2.08. The van der Waals surface area contributed by atoms with Gasteiger partial charge in [0.15, 0.2) is 0 Å². The molecule has 1 aliphatic rings. The standard InChI is InChI=1S/C12H16N2O3S/c1-2-3-6-18(16,17)14-10-4-5-11-9(7-10)8-12(15)13-11/h4-5,7,14H,2-3,6,8H2,1H3,(H,13,15). The third kappa shape index (κ3) is 3.01. The molecule has 2 N–H and O–H groups in total. The van der Waals surface area contributed by atoms with Crippen molar-refractivity contribution in [3.8, 4) is 0 Å². The zero-order valence-electron chi connectivity index (χ0n) is 10.2. The monoisotopic (exact) mass is 268 g/mol. The Bertz CT molecular complexity index is 567. The van der Waals surface area contributed by atoms with Crippen LogP contribution >= 0.6 is 0 Å².